The van der Waals surface area contributed by atoms with Crippen molar-refractivity contribution in [2.24, 2.45) is 0 Å². The summed E-state index contributed by atoms with van der Waals surface area (Å²) in [5, 5.41) is 7.69. The van der Waals surface area contributed by atoms with Crippen LogP contribution in [0.15, 0.2) is 128 Å². The molecule has 5 unspecified atom stereocenters. The summed E-state index contributed by atoms with van der Waals surface area (Å²) in [7, 11) is 0. The van der Waals surface area contributed by atoms with Crippen molar-refractivity contribution in [3.05, 3.63) is 165 Å². The summed E-state index contributed by atoms with van der Waals surface area (Å²) in [5.74, 6) is 2.39. The molecule has 7 rings (SSSR count). The second-order valence-corrected chi connectivity index (χ2v) is 15.8. The van der Waals surface area contributed by atoms with Crippen molar-refractivity contribution in [2.45, 2.75) is 63.9 Å². The van der Waals surface area contributed by atoms with Gasteiger partial charge in [0, 0.05) is 6.54 Å². The average molecular weight is 815 g/mol. The van der Waals surface area contributed by atoms with Crippen molar-refractivity contribution in [3.8, 4) is 12.3 Å². The van der Waals surface area contributed by atoms with Crippen LogP contribution in [0.5, 0.6) is 0 Å². The van der Waals surface area contributed by atoms with Gasteiger partial charge in [0.05, 0.1) is 56.3 Å². The van der Waals surface area contributed by atoms with Crippen LogP contribution >= 0.6 is 22.7 Å². The Hall–Kier alpha value is -5.23. The number of nitrogens with one attached hydrogen (secondary N) is 2. The molecule has 0 aliphatic carbocycles. The molecule has 3 heterocycles. The normalized spacial score (nSPS) is 19.0. The Labute approximate surface area is 347 Å². The van der Waals surface area contributed by atoms with Crippen molar-refractivity contribution >= 4 is 38.7 Å². The smallest absolute Gasteiger partial charge is 0.216 e. The number of ketones is 1. The molecule has 1 aliphatic heterocycles. The Morgan fingerprint density at radius 2 is 1.21 bits per heavy atom. The van der Waals surface area contributed by atoms with Gasteiger partial charge in [-0.2, -0.15) is 0 Å². The number of carbonyl (C=O) groups is 1. The second kappa shape index (κ2) is 21.0. The molecule has 5 atom stereocenters. The molecule has 1 aliphatic rings. The molecule has 1 saturated heterocycles. The Balaban J connectivity index is 1.16. The maximum Gasteiger partial charge on any atom is 0.216 e. The number of rotatable bonds is 20. The van der Waals surface area contributed by atoms with Crippen LogP contribution in [0.25, 0.3) is 0 Å². The van der Waals surface area contributed by atoms with Crippen LogP contribution in [-0.4, -0.2) is 66.0 Å². The maximum absolute atomic E-state index is 13.6. The summed E-state index contributed by atoms with van der Waals surface area (Å²) in [6, 6.07) is 40.2. The molecule has 12 heteroatoms. The van der Waals surface area contributed by atoms with Crippen LogP contribution in [0.3, 0.4) is 0 Å². The lowest BCUT2D eigenvalue weighted by atomic mass is 9.93. The number of terminal acetylenes is 1. The third-order valence-electron chi connectivity index (χ3n) is 9.51. The third kappa shape index (κ3) is 11.2. The molecule has 58 heavy (non-hydrogen) atoms. The lowest BCUT2D eigenvalue weighted by molar-refractivity contribution is -0.269. The van der Waals surface area contributed by atoms with E-state index in [0.717, 1.165) is 22.3 Å². The Morgan fingerprint density at radius 1 is 0.690 bits per heavy atom. The van der Waals surface area contributed by atoms with E-state index in [1.54, 1.807) is 6.20 Å². The molecule has 0 saturated carbocycles. The molecule has 10 nitrogen and oxygen atoms in total. The van der Waals surface area contributed by atoms with Gasteiger partial charge in [0.1, 0.15) is 35.4 Å². The fourth-order valence-electron chi connectivity index (χ4n) is 6.62. The van der Waals surface area contributed by atoms with E-state index in [9.17, 15) is 4.79 Å². The summed E-state index contributed by atoms with van der Waals surface area (Å²) in [6.45, 7) is 4.14. The number of thiazole rings is 2. The van der Waals surface area contributed by atoms with E-state index < -0.39 is 30.5 Å². The quantitative estimate of drug-likeness (QED) is 0.0577. The van der Waals surface area contributed by atoms with E-state index in [1.807, 2.05) is 128 Å². The molecule has 0 spiro atoms. The molecule has 2 N–H and O–H groups in total. The number of ether oxygens (including phenoxy) is 5. The summed E-state index contributed by atoms with van der Waals surface area (Å²) < 4.78 is 33.8. The fraction of sp³-hybridized carbons (Fsp3) is 0.283. The highest BCUT2D eigenvalue weighted by molar-refractivity contribution is 7.21. The number of anilines is 2. The SMILES string of the molecule is C#CCNc1nc(C)c(C(=O)c2cnc(NCC3OC(COCc4ccccc4)C(OCc4ccccc4)C(OCc4ccccc4)C3OCc3ccccc3)s2)s1. The second-order valence-electron chi connectivity index (χ2n) is 13.7. The first-order valence-corrected chi connectivity index (χ1v) is 20.8. The highest BCUT2D eigenvalue weighted by Crippen LogP contribution is 2.33. The van der Waals surface area contributed by atoms with Gasteiger partial charge in [0.2, 0.25) is 5.78 Å². The van der Waals surface area contributed by atoms with Gasteiger partial charge in [0.25, 0.3) is 0 Å². The Morgan fingerprint density at radius 3 is 1.76 bits per heavy atom. The molecule has 1 fully saturated rings. The highest BCUT2D eigenvalue weighted by atomic mass is 32.1. The first-order chi connectivity index (χ1) is 28.5. The number of aromatic nitrogens is 2. The van der Waals surface area contributed by atoms with Gasteiger partial charge in [-0.05, 0) is 29.2 Å². The van der Waals surface area contributed by atoms with Gasteiger partial charge in [-0.3, -0.25) is 4.79 Å². The van der Waals surface area contributed by atoms with Gasteiger partial charge in [0.15, 0.2) is 10.3 Å². The minimum absolute atomic E-state index is 0.143. The zero-order valence-corrected chi connectivity index (χ0v) is 33.8. The first-order valence-electron chi connectivity index (χ1n) is 19.2. The summed E-state index contributed by atoms with van der Waals surface area (Å²) in [6.07, 6.45) is 4.26. The molecule has 6 aromatic rings. The zero-order chi connectivity index (χ0) is 39.9. The van der Waals surface area contributed by atoms with Crippen LogP contribution in [0.4, 0.5) is 10.3 Å². The molecule has 2 aromatic heterocycles. The van der Waals surface area contributed by atoms with Gasteiger partial charge in [-0.15, -0.1) is 6.42 Å². The largest absolute Gasteiger partial charge is 0.374 e. The van der Waals surface area contributed by atoms with Gasteiger partial charge >= 0.3 is 0 Å². The van der Waals surface area contributed by atoms with Crippen molar-refractivity contribution in [2.75, 3.05) is 30.3 Å². The molecule has 0 bridgehead atoms. The van der Waals surface area contributed by atoms with Crippen LogP contribution in [0, 0.1) is 19.3 Å². The van der Waals surface area contributed by atoms with Gasteiger partial charge < -0.3 is 34.3 Å². The van der Waals surface area contributed by atoms with Crippen LogP contribution in [-0.2, 0) is 50.1 Å². The van der Waals surface area contributed by atoms with Crippen molar-refractivity contribution < 1.29 is 28.5 Å². The zero-order valence-electron chi connectivity index (χ0n) is 32.2. The molecule has 4 aromatic carbocycles. The van der Waals surface area contributed by atoms with Gasteiger partial charge in [-0.1, -0.05) is 150 Å². The fourth-order valence-corrected chi connectivity index (χ4v) is 8.37. The average Bonchev–Trinajstić information content (AvgIpc) is 3.90. The van der Waals surface area contributed by atoms with Crippen LogP contribution < -0.4 is 10.6 Å². The predicted octanol–water partition coefficient (Wildman–Crippen LogP) is 8.34. The van der Waals surface area contributed by atoms with E-state index in [1.165, 1.54) is 22.7 Å². The lowest BCUT2D eigenvalue weighted by Gasteiger charge is -2.46. The molecule has 298 valence electrons. The van der Waals surface area contributed by atoms with Crippen molar-refractivity contribution in [1.29, 1.82) is 0 Å². The van der Waals surface area contributed by atoms with Crippen LogP contribution in [0.1, 0.15) is 42.5 Å². The van der Waals surface area contributed by atoms with E-state index >= 15 is 0 Å². The lowest BCUT2D eigenvalue weighted by Crippen LogP contribution is -2.62. The molecule has 0 amide bonds. The minimum Gasteiger partial charge on any atom is -0.374 e. The number of benzene rings is 4. The summed E-state index contributed by atoms with van der Waals surface area (Å²) >= 11 is 2.56. The topological polar surface area (TPSA) is 113 Å². The van der Waals surface area contributed by atoms with E-state index in [-0.39, 0.29) is 12.4 Å². The maximum atomic E-state index is 13.6. The standard InChI is InChI=1S/C46H46N4O6S2/c1-3-24-47-46-50-32(2)44(58-46)40(51)39-26-49-45(57-39)48-25-37-41(53-28-34-18-10-5-11-19-34)43(55-30-36-22-14-7-15-23-36)42(54-29-35-20-12-6-13-21-35)38(56-37)31-52-27-33-16-8-4-9-17-33/h1,4-23,26,37-38,41-43H,24-25,27-31H2,2H3,(H,47,50)(H,48,49). The van der Waals surface area contributed by atoms with E-state index in [4.69, 9.17) is 30.1 Å². The number of hydrogen-bond acceptors (Lipinski definition) is 12. The summed E-state index contributed by atoms with van der Waals surface area (Å²) in [4.78, 5) is 23.7. The highest BCUT2D eigenvalue weighted by Gasteiger charge is 2.48. The van der Waals surface area contributed by atoms with Crippen molar-refractivity contribution in [1.82, 2.24) is 9.97 Å². The Kier molecular flexibility index (Phi) is 14.8. The third-order valence-corrected chi connectivity index (χ3v) is 11.6. The molecular weight excluding hydrogens is 769 g/mol. The van der Waals surface area contributed by atoms with Crippen molar-refractivity contribution in [3.63, 3.8) is 0 Å². The monoisotopic (exact) mass is 814 g/mol. The number of carbonyl (C=O) groups excluding carboxylic acids is 1. The minimum atomic E-state index is -0.572. The van der Waals surface area contributed by atoms with E-state index in [2.05, 4.69) is 26.5 Å². The predicted molar refractivity (Wildman–Crippen MR) is 228 cm³/mol. The number of hydrogen-bond donors (Lipinski definition) is 2. The number of nitrogens with zero attached hydrogens (tertiary/aromatic N) is 2. The van der Waals surface area contributed by atoms with Gasteiger partial charge in [-0.25, -0.2) is 9.97 Å². The summed E-state index contributed by atoms with van der Waals surface area (Å²) in [5.41, 5.74) is 4.77. The number of aryl methyl sites for hydroxylation is 1. The van der Waals surface area contributed by atoms with E-state index in [0.29, 0.717) is 65.2 Å². The first kappa shape index (κ1) is 40.9. The molecular formula is C46H46N4O6S2. The molecule has 0 radical (unpaired) electrons. The van der Waals surface area contributed by atoms with Crippen LogP contribution in [0.2, 0.25) is 0 Å². The Bertz CT molecular complexity index is 2200.